The zero-order chi connectivity index (χ0) is 9.31. The molecule has 3 heteroatoms. The van der Waals surface area contributed by atoms with E-state index >= 15 is 0 Å². The number of aliphatic hydroxyl groups is 1. The van der Waals surface area contributed by atoms with Crippen LogP contribution in [-0.4, -0.2) is 23.2 Å². The Morgan fingerprint density at radius 1 is 1.46 bits per heavy atom. The van der Waals surface area contributed by atoms with Crippen LogP contribution in [-0.2, 0) is 4.79 Å². The van der Waals surface area contributed by atoms with Crippen molar-refractivity contribution in [2.45, 2.75) is 44.1 Å². The minimum Gasteiger partial charge on any atom is -0.394 e. The normalized spacial score (nSPS) is 25.0. The van der Waals surface area contributed by atoms with Crippen LogP contribution in [0, 0.1) is 5.92 Å². The number of aliphatic hydroxyl groups excluding tert-OH is 1. The Bertz CT molecular complexity index is 201. The first-order valence-corrected chi connectivity index (χ1v) is 5.16. The van der Waals surface area contributed by atoms with Crippen molar-refractivity contribution >= 4 is 5.91 Å². The number of carbonyl (C=O) groups excluding carboxylic acids is 1. The zero-order valence-electron chi connectivity index (χ0n) is 7.88. The van der Waals surface area contributed by atoms with Crippen LogP contribution in [0.1, 0.15) is 38.5 Å². The summed E-state index contributed by atoms with van der Waals surface area (Å²) in [5, 5.41) is 12.1. The van der Waals surface area contributed by atoms with Crippen molar-refractivity contribution in [1.82, 2.24) is 5.32 Å². The molecular formula is C10H17NO2. The highest BCUT2D eigenvalue weighted by molar-refractivity contribution is 5.77. The maximum Gasteiger partial charge on any atom is 0.220 e. The van der Waals surface area contributed by atoms with Crippen LogP contribution in [0.2, 0.25) is 0 Å². The fraction of sp³-hybridized carbons (Fsp3) is 0.900. The van der Waals surface area contributed by atoms with Gasteiger partial charge >= 0.3 is 0 Å². The van der Waals surface area contributed by atoms with Crippen LogP contribution in [0.15, 0.2) is 0 Å². The summed E-state index contributed by atoms with van der Waals surface area (Å²) >= 11 is 0. The fourth-order valence-corrected chi connectivity index (χ4v) is 1.86. The Hall–Kier alpha value is -0.570. The number of nitrogens with one attached hydrogen (secondary N) is 1. The minimum absolute atomic E-state index is 0.101. The van der Waals surface area contributed by atoms with Crippen LogP contribution < -0.4 is 5.32 Å². The van der Waals surface area contributed by atoms with Gasteiger partial charge in [0.1, 0.15) is 0 Å². The zero-order valence-corrected chi connectivity index (χ0v) is 7.88. The molecule has 2 aliphatic carbocycles. The van der Waals surface area contributed by atoms with E-state index in [-0.39, 0.29) is 18.1 Å². The summed E-state index contributed by atoms with van der Waals surface area (Å²) in [4.78, 5) is 11.4. The van der Waals surface area contributed by atoms with E-state index in [4.69, 9.17) is 5.11 Å². The second kappa shape index (κ2) is 3.29. The summed E-state index contributed by atoms with van der Waals surface area (Å²) in [6.07, 6.45) is 6.10. The number of hydrogen-bond donors (Lipinski definition) is 2. The summed E-state index contributed by atoms with van der Waals surface area (Å²) in [6.45, 7) is 0.101. The molecule has 2 saturated carbocycles. The van der Waals surface area contributed by atoms with Gasteiger partial charge in [-0.3, -0.25) is 4.79 Å². The van der Waals surface area contributed by atoms with Crippen molar-refractivity contribution in [2.24, 2.45) is 5.92 Å². The summed E-state index contributed by atoms with van der Waals surface area (Å²) in [6, 6.07) is 0. The number of hydrogen-bond acceptors (Lipinski definition) is 2. The first-order chi connectivity index (χ1) is 6.24. The minimum atomic E-state index is -0.244. The molecule has 0 aliphatic heterocycles. The van der Waals surface area contributed by atoms with E-state index in [9.17, 15) is 4.79 Å². The lowest BCUT2D eigenvalue weighted by Crippen LogP contribution is -2.56. The molecular weight excluding hydrogens is 166 g/mol. The van der Waals surface area contributed by atoms with E-state index < -0.39 is 0 Å². The van der Waals surface area contributed by atoms with Crippen molar-refractivity contribution in [3.05, 3.63) is 0 Å². The maximum absolute atomic E-state index is 11.4. The van der Waals surface area contributed by atoms with Gasteiger partial charge in [0.05, 0.1) is 12.1 Å². The molecule has 0 atom stereocenters. The second-order valence-corrected chi connectivity index (χ2v) is 4.49. The molecule has 2 fully saturated rings. The molecule has 2 aliphatic rings. The van der Waals surface area contributed by atoms with Crippen molar-refractivity contribution in [3.8, 4) is 0 Å². The molecule has 0 saturated heterocycles. The Morgan fingerprint density at radius 3 is 2.54 bits per heavy atom. The molecule has 2 N–H and O–H groups in total. The third kappa shape index (κ3) is 2.02. The van der Waals surface area contributed by atoms with Crippen molar-refractivity contribution < 1.29 is 9.90 Å². The first-order valence-electron chi connectivity index (χ1n) is 5.16. The molecule has 3 nitrogen and oxygen atoms in total. The topological polar surface area (TPSA) is 49.3 Å². The molecule has 0 aromatic carbocycles. The molecule has 13 heavy (non-hydrogen) atoms. The maximum atomic E-state index is 11.4. The van der Waals surface area contributed by atoms with Crippen LogP contribution in [0.3, 0.4) is 0 Å². The molecule has 0 unspecified atom stereocenters. The van der Waals surface area contributed by atoms with E-state index in [1.54, 1.807) is 0 Å². The van der Waals surface area contributed by atoms with E-state index in [1.165, 1.54) is 12.8 Å². The predicted octanol–water partition coefficient (Wildman–Crippen LogP) is 0.818. The first kappa shape index (κ1) is 9.00. The lowest BCUT2D eigenvalue weighted by atomic mass is 9.77. The SMILES string of the molecule is O=C(CC1CC1)NC1(CO)CCC1. The van der Waals surface area contributed by atoms with E-state index in [0.29, 0.717) is 12.3 Å². The van der Waals surface area contributed by atoms with Crippen molar-refractivity contribution in [2.75, 3.05) is 6.61 Å². The van der Waals surface area contributed by atoms with Crippen LogP contribution in [0.25, 0.3) is 0 Å². The Kier molecular flexibility index (Phi) is 2.28. The largest absolute Gasteiger partial charge is 0.394 e. The second-order valence-electron chi connectivity index (χ2n) is 4.49. The van der Waals surface area contributed by atoms with Gasteiger partial charge in [0, 0.05) is 6.42 Å². The van der Waals surface area contributed by atoms with Gasteiger partial charge < -0.3 is 10.4 Å². The Labute approximate surface area is 78.5 Å². The van der Waals surface area contributed by atoms with Crippen molar-refractivity contribution in [3.63, 3.8) is 0 Å². The average molecular weight is 183 g/mol. The third-order valence-electron chi connectivity index (χ3n) is 3.19. The van der Waals surface area contributed by atoms with Gasteiger partial charge in [-0.2, -0.15) is 0 Å². The Balaban J connectivity index is 1.77. The summed E-state index contributed by atoms with van der Waals surface area (Å²) in [7, 11) is 0. The number of amides is 1. The molecule has 0 aromatic rings. The third-order valence-corrected chi connectivity index (χ3v) is 3.19. The summed E-state index contributed by atoms with van der Waals surface area (Å²) in [5.74, 6) is 0.770. The van der Waals surface area contributed by atoms with Crippen LogP contribution in [0.4, 0.5) is 0 Å². The summed E-state index contributed by atoms with van der Waals surface area (Å²) < 4.78 is 0. The van der Waals surface area contributed by atoms with E-state index in [1.807, 2.05) is 0 Å². The highest BCUT2D eigenvalue weighted by Gasteiger charge is 2.38. The smallest absolute Gasteiger partial charge is 0.220 e. The van der Waals surface area contributed by atoms with Gasteiger partial charge in [-0.25, -0.2) is 0 Å². The van der Waals surface area contributed by atoms with Gasteiger partial charge in [-0.05, 0) is 38.0 Å². The molecule has 0 spiro atoms. The van der Waals surface area contributed by atoms with Crippen LogP contribution in [0.5, 0.6) is 0 Å². The Morgan fingerprint density at radius 2 is 2.15 bits per heavy atom. The summed E-state index contributed by atoms with van der Waals surface area (Å²) in [5.41, 5.74) is -0.244. The highest BCUT2D eigenvalue weighted by Crippen LogP contribution is 2.34. The van der Waals surface area contributed by atoms with E-state index in [2.05, 4.69) is 5.32 Å². The van der Waals surface area contributed by atoms with Gasteiger partial charge in [-0.15, -0.1) is 0 Å². The molecule has 0 heterocycles. The molecule has 0 radical (unpaired) electrons. The average Bonchev–Trinajstić information content (AvgIpc) is 2.80. The molecule has 0 bridgehead atoms. The standard InChI is InChI=1S/C10H17NO2/c12-7-10(4-1-5-10)11-9(13)6-8-2-3-8/h8,12H,1-7H2,(H,11,13). The van der Waals surface area contributed by atoms with Crippen molar-refractivity contribution in [1.29, 1.82) is 0 Å². The van der Waals surface area contributed by atoms with Gasteiger partial charge in [0.2, 0.25) is 5.91 Å². The predicted molar refractivity (Wildman–Crippen MR) is 49.2 cm³/mol. The van der Waals surface area contributed by atoms with Gasteiger partial charge in [-0.1, -0.05) is 0 Å². The fourth-order valence-electron chi connectivity index (χ4n) is 1.86. The molecule has 74 valence electrons. The van der Waals surface area contributed by atoms with Gasteiger partial charge in [0.25, 0.3) is 0 Å². The monoisotopic (exact) mass is 183 g/mol. The quantitative estimate of drug-likeness (QED) is 0.678. The molecule has 0 aromatic heterocycles. The molecule has 2 rings (SSSR count). The van der Waals surface area contributed by atoms with E-state index in [0.717, 1.165) is 19.3 Å². The highest BCUT2D eigenvalue weighted by atomic mass is 16.3. The number of rotatable bonds is 4. The molecule has 1 amide bonds. The lowest BCUT2D eigenvalue weighted by Gasteiger charge is -2.41. The van der Waals surface area contributed by atoms with Gasteiger partial charge in [0.15, 0.2) is 0 Å². The van der Waals surface area contributed by atoms with Crippen LogP contribution >= 0.6 is 0 Å². The number of carbonyl (C=O) groups is 1. The lowest BCUT2D eigenvalue weighted by molar-refractivity contribution is -0.125.